The molecule has 0 aliphatic carbocycles. The fourth-order valence-electron chi connectivity index (χ4n) is 4.47. The van der Waals surface area contributed by atoms with E-state index in [-0.39, 0.29) is 12.3 Å². The van der Waals surface area contributed by atoms with E-state index in [2.05, 4.69) is 15.6 Å². The number of nitrogens with zero attached hydrogens (tertiary/aromatic N) is 1. The van der Waals surface area contributed by atoms with Crippen LogP contribution in [0.15, 0.2) is 48.7 Å². The average Bonchev–Trinajstić information content (AvgIpc) is 3.40. The molecule has 2 aromatic carbocycles. The second kappa shape index (κ2) is 9.80. The van der Waals surface area contributed by atoms with Gasteiger partial charge in [0, 0.05) is 42.3 Å². The number of alkyl carbamates (subject to hydrolysis) is 1. The molecule has 3 aromatic rings. The van der Waals surface area contributed by atoms with Gasteiger partial charge in [0.1, 0.15) is 17.2 Å². The molecule has 37 heavy (non-hydrogen) atoms. The fourth-order valence-corrected chi connectivity index (χ4v) is 4.47. The minimum Gasteiger partial charge on any atom is -0.444 e. The van der Waals surface area contributed by atoms with E-state index in [1.165, 1.54) is 0 Å². The highest BCUT2D eigenvalue weighted by Crippen LogP contribution is 2.27. The van der Waals surface area contributed by atoms with Gasteiger partial charge in [0.05, 0.1) is 0 Å². The number of para-hydroxylation sites is 1. The third-order valence-corrected chi connectivity index (χ3v) is 6.35. The number of rotatable bonds is 6. The van der Waals surface area contributed by atoms with Crippen LogP contribution in [0.2, 0.25) is 0 Å². The molecule has 1 aromatic heterocycles. The number of carbonyl (C=O) groups is 3. The number of hydrogen-bond acceptors (Lipinski definition) is 5. The maximum absolute atomic E-state index is 13.8. The fraction of sp³-hybridized carbons (Fsp3) is 0.393. The first-order chi connectivity index (χ1) is 17.3. The molecule has 2 heterocycles. The lowest BCUT2D eigenvalue weighted by Crippen LogP contribution is -2.59. The van der Waals surface area contributed by atoms with Crippen LogP contribution in [0.5, 0.6) is 0 Å². The number of carbonyl (C=O) groups excluding carboxylic acids is 3. The largest absolute Gasteiger partial charge is 0.444 e. The summed E-state index contributed by atoms with van der Waals surface area (Å²) in [5.74, 6) is -0.695. The highest BCUT2D eigenvalue weighted by atomic mass is 16.6. The third kappa shape index (κ3) is 6.04. The molecule has 3 amide bonds. The number of anilines is 1. The second-order valence-corrected chi connectivity index (χ2v) is 11.1. The van der Waals surface area contributed by atoms with Crippen LogP contribution in [0.4, 0.5) is 10.5 Å². The van der Waals surface area contributed by atoms with Crippen molar-refractivity contribution < 1.29 is 19.1 Å². The number of aromatic nitrogens is 1. The van der Waals surface area contributed by atoms with Crippen LogP contribution in [-0.2, 0) is 33.8 Å². The summed E-state index contributed by atoms with van der Waals surface area (Å²) in [7, 11) is 0. The molecule has 0 radical (unpaired) electrons. The molecule has 0 spiro atoms. The van der Waals surface area contributed by atoms with Crippen molar-refractivity contribution in [2.24, 2.45) is 0 Å². The molecule has 5 N–H and O–H groups in total. The number of ether oxygens (including phenoxy) is 1. The zero-order valence-electron chi connectivity index (χ0n) is 22.0. The number of H-pyrrole nitrogens is 1. The molecular weight excluding hydrogens is 470 g/mol. The molecule has 0 fully saturated rings. The normalized spacial score (nSPS) is 14.2. The van der Waals surface area contributed by atoms with Crippen molar-refractivity contribution in [1.82, 2.24) is 20.5 Å². The first-order valence-electron chi connectivity index (χ1n) is 12.4. The Morgan fingerprint density at radius 1 is 1.05 bits per heavy atom. The monoisotopic (exact) mass is 505 g/mol. The smallest absolute Gasteiger partial charge is 0.408 e. The highest BCUT2D eigenvalue weighted by Gasteiger charge is 2.36. The summed E-state index contributed by atoms with van der Waals surface area (Å²) in [6.45, 7) is 9.25. The van der Waals surface area contributed by atoms with Crippen molar-refractivity contribution in [3.8, 4) is 0 Å². The number of fused-ring (bicyclic) bond motifs is 2. The summed E-state index contributed by atoms with van der Waals surface area (Å²) in [5, 5.41) is 6.51. The van der Waals surface area contributed by atoms with Crippen molar-refractivity contribution >= 4 is 34.5 Å². The SMILES string of the molecule is CC(C)(C)OC(=O)NC(C)(C)C(=O)N[C@H](Cc1c[nH]c2ccccc12)C(=O)N1Cc2ccc(N)cc2C1. The number of nitrogens with two attached hydrogens (primary N) is 1. The van der Waals surface area contributed by atoms with Crippen molar-refractivity contribution in [3.63, 3.8) is 0 Å². The Morgan fingerprint density at radius 2 is 1.76 bits per heavy atom. The zero-order chi connectivity index (χ0) is 27.0. The molecule has 0 bridgehead atoms. The Labute approximate surface area is 216 Å². The van der Waals surface area contributed by atoms with Gasteiger partial charge in [-0.25, -0.2) is 4.79 Å². The summed E-state index contributed by atoms with van der Waals surface area (Å²) in [6, 6.07) is 12.6. The maximum Gasteiger partial charge on any atom is 0.408 e. The van der Waals surface area contributed by atoms with Crippen LogP contribution < -0.4 is 16.4 Å². The molecule has 4 rings (SSSR count). The summed E-state index contributed by atoms with van der Waals surface area (Å²) in [6.07, 6.45) is 1.44. The van der Waals surface area contributed by atoms with E-state index >= 15 is 0 Å². The summed E-state index contributed by atoms with van der Waals surface area (Å²) in [5.41, 5.74) is 8.45. The van der Waals surface area contributed by atoms with E-state index in [1.54, 1.807) is 39.5 Å². The molecule has 196 valence electrons. The van der Waals surface area contributed by atoms with Gasteiger partial charge >= 0.3 is 6.09 Å². The van der Waals surface area contributed by atoms with Crippen LogP contribution in [-0.4, -0.2) is 45.0 Å². The van der Waals surface area contributed by atoms with Gasteiger partial charge in [0.2, 0.25) is 11.8 Å². The number of aromatic amines is 1. The van der Waals surface area contributed by atoms with Crippen molar-refractivity contribution in [3.05, 3.63) is 65.4 Å². The van der Waals surface area contributed by atoms with Crippen LogP contribution in [0, 0.1) is 0 Å². The Kier molecular flexibility index (Phi) is 6.90. The molecule has 1 atom stereocenters. The van der Waals surface area contributed by atoms with Gasteiger partial charge in [0.15, 0.2) is 0 Å². The van der Waals surface area contributed by atoms with Gasteiger partial charge in [0.25, 0.3) is 0 Å². The maximum atomic E-state index is 13.8. The molecule has 1 aliphatic rings. The van der Waals surface area contributed by atoms with Crippen LogP contribution in [0.3, 0.4) is 0 Å². The molecular formula is C28H35N5O4. The Bertz CT molecular complexity index is 1340. The van der Waals surface area contributed by atoms with Crippen molar-refractivity contribution in [2.45, 2.75) is 71.3 Å². The van der Waals surface area contributed by atoms with Crippen LogP contribution >= 0.6 is 0 Å². The lowest BCUT2D eigenvalue weighted by Gasteiger charge is -2.30. The van der Waals surface area contributed by atoms with Gasteiger partial charge in [-0.15, -0.1) is 0 Å². The molecule has 0 unspecified atom stereocenters. The number of benzene rings is 2. The minimum absolute atomic E-state index is 0.207. The Hall–Kier alpha value is -4.01. The highest BCUT2D eigenvalue weighted by molar-refractivity contribution is 5.94. The number of amides is 3. The summed E-state index contributed by atoms with van der Waals surface area (Å²) < 4.78 is 5.32. The Morgan fingerprint density at radius 3 is 2.49 bits per heavy atom. The van der Waals surface area contributed by atoms with Gasteiger partial charge in [-0.2, -0.15) is 0 Å². The first kappa shape index (κ1) is 26.1. The number of nitrogen functional groups attached to an aromatic ring is 1. The van der Waals surface area contributed by atoms with E-state index in [9.17, 15) is 14.4 Å². The number of nitrogens with one attached hydrogen (secondary N) is 3. The van der Waals surface area contributed by atoms with E-state index in [4.69, 9.17) is 10.5 Å². The van der Waals surface area contributed by atoms with Gasteiger partial charge in [-0.3, -0.25) is 9.59 Å². The zero-order valence-corrected chi connectivity index (χ0v) is 22.0. The van der Waals surface area contributed by atoms with Crippen molar-refractivity contribution in [1.29, 1.82) is 0 Å². The number of hydrogen-bond donors (Lipinski definition) is 4. The van der Waals surface area contributed by atoms with Crippen LogP contribution in [0.25, 0.3) is 10.9 Å². The topological polar surface area (TPSA) is 130 Å². The lowest BCUT2D eigenvalue weighted by atomic mass is 10.0. The molecule has 0 saturated heterocycles. The van der Waals surface area contributed by atoms with Crippen LogP contribution in [0.1, 0.15) is 51.3 Å². The summed E-state index contributed by atoms with van der Waals surface area (Å²) >= 11 is 0. The van der Waals surface area contributed by atoms with Gasteiger partial charge < -0.3 is 31.0 Å². The molecule has 0 saturated carbocycles. The lowest BCUT2D eigenvalue weighted by molar-refractivity contribution is -0.138. The quantitative estimate of drug-likeness (QED) is 0.380. The first-order valence-corrected chi connectivity index (χ1v) is 12.4. The van der Waals surface area contributed by atoms with Crippen molar-refractivity contribution in [2.75, 3.05) is 5.73 Å². The van der Waals surface area contributed by atoms with Gasteiger partial charge in [-0.05, 0) is 69.5 Å². The molecule has 9 heteroatoms. The predicted molar refractivity (Wildman–Crippen MR) is 142 cm³/mol. The van der Waals surface area contributed by atoms with E-state index < -0.39 is 29.2 Å². The van der Waals surface area contributed by atoms with E-state index in [0.29, 0.717) is 18.8 Å². The summed E-state index contributed by atoms with van der Waals surface area (Å²) in [4.78, 5) is 44.5. The minimum atomic E-state index is -1.32. The average molecular weight is 506 g/mol. The molecule has 9 nitrogen and oxygen atoms in total. The van der Waals surface area contributed by atoms with E-state index in [1.807, 2.05) is 48.7 Å². The molecule has 1 aliphatic heterocycles. The third-order valence-electron chi connectivity index (χ3n) is 6.35. The van der Waals surface area contributed by atoms with Gasteiger partial charge in [-0.1, -0.05) is 24.3 Å². The second-order valence-electron chi connectivity index (χ2n) is 11.1. The standard InChI is InChI=1S/C28H35N5O4/c1-27(2,3)37-26(36)32-28(4,5)25(35)31-23(13-18-14-30-22-9-7-6-8-21(18)22)24(34)33-15-17-10-11-20(29)12-19(17)16-33/h6-12,14,23,30H,13,15-16,29H2,1-5H3,(H,31,35)(H,32,36)/t23-/m1/s1. The predicted octanol–water partition coefficient (Wildman–Crippen LogP) is 3.62. The van der Waals surface area contributed by atoms with E-state index in [0.717, 1.165) is 27.6 Å². The Balaban J connectivity index is 1.56.